The molecule has 1 aliphatic heterocycles. The van der Waals surface area contributed by atoms with E-state index in [2.05, 4.69) is 10.6 Å². The van der Waals surface area contributed by atoms with Crippen molar-refractivity contribution in [2.45, 2.75) is 0 Å². The fourth-order valence-electron chi connectivity index (χ4n) is 2.66. The van der Waals surface area contributed by atoms with Gasteiger partial charge in [0.25, 0.3) is 11.8 Å². The molecule has 1 aliphatic rings. The van der Waals surface area contributed by atoms with Crippen LogP contribution in [0.15, 0.2) is 72.8 Å². The number of para-hydroxylation sites is 1. The van der Waals surface area contributed by atoms with Gasteiger partial charge >= 0.3 is 0 Å². The lowest BCUT2D eigenvalue weighted by Gasteiger charge is -2.18. The third-order valence-corrected chi connectivity index (χ3v) is 3.97. The van der Waals surface area contributed by atoms with Crippen LogP contribution in [0.4, 0.5) is 11.4 Å². The van der Waals surface area contributed by atoms with Gasteiger partial charge < -0.3 is 20.1 Å². The van der Waals surface area contributed by atoms with Gasteiger partial charge in [0.15, 0.2) is 6.61 Å². The summed E-state index contributed by atoms with van der Waals surface area (Å²) in [5, 5.41) is 5.51. The summed E-state index contributed by atoms with van der Waals surface area (Å²) >= 11 is 0. The van der Waals surface area contributed by atoms with Gasteiger partial charge in [0, 0.05) is 11.3 Å². The highest BCUT2D eigenvalue weighted by atomic mass is 16.5. The number of rotatable bonds is 4. The molecule has 1 heterocycles. The number of nitrogens with one attached hydrogen (secondary N) is 2. The maximum Gasteiger partial charge on any atom is 0.262 e. The zero-order chi connectivity index (χ0) is 18.6. The predicted molar refractivity (Wildman–Crippen MR) is 101 cm³/mol. The van der Waals surface area contributed by atoms with Gasteiger partial charge in [-0.15, -0.1) is 0 Å². The number of carbonyl (C=O) groups excluding carboxylic acids is 2. The first kappa shape index (κ1) is 16.7. The average Bonchev–Trinajstić information content (AvgIpc) is 2.69. The summed E-state index contributed by atoms with van der Waals surface area (Å²) in [6.45, 7) is -0.0179. The number of fused-ring (bicyclic) bond motifs is 1. The minimum atomic E-state index is -0.283. The van der Waals surface area contributed by atoms with Crippen LogP contribution in [0.3, 0.4) is 0 Å². The van der Waals surface area contributed by atoms with Gasteiger partial charge in [-0.3, -0.25) is 9.59 Å². The van der Waals surface area contributed by atoms with Crippen molar-refractivity contribution >= 4 is 23.2 Å². The Morgan fingerprint density at radius 3 is 2.48 bits per heavy atom. The van der Waals surface area contributed by atoms with Crippen molar-refractivity contribution in [3.05, 3.63) is 78.4 Å². The van der Waals surface area contributed by atoms with E-state index in [4.69, 9.17) is 9.47 Å². The molecule has 0 aromatic heterocycles. The van der Waals surface area contributed by atoms with Gasteiger partial charge in [0.05, 0.1) is 5.69 Å². The summed E-state index contributed by atoms with van der Waals surface area (Å²) in [5.41, 5.74) is 1.55. The molecular weight excluding hydrogens is 344 g/mol. The number of benzene rings is 3. The lowest BCUT2D eigenvalue weighted by Crippen LogP contribution is -2.25. The molecule has 0 spiro atoms. The topological polar surface area (TPSA) is 76.7 Å². The molecule has 6 heteroatoms. The Labute approximate surface area is 155 Å². The maximum atomic E-state index is 12.5. The molecule has 0 saturated heterocycles. The normalized spacial score (nSPS) is 12.4. The van der Waals surface area contributed by atoms with Crippen LogP contribution in [-0.4, -0.2) is 18.4 Å². The lowest BCUT2D eigenvalue weighted by atomic mass is 10.1. The van der Waals surface area contributed by atoms with Crippen molar-refractivity contribution in [1.29, 1.82) is 0 Å². The third kappa shape index (κ3) is 3.90. The average molecular weight is 360 g/mol. The minimum Gasteiger partial charge on any atom is -0.482 e. The van der Waals surface area contributed by atoms with Crippen molar-refractivity contribution in [3.63, 3.8) is 0 Å². The highest BCUT2D eigenvalue weighted by molar-refractivity contribution is 6.06. The molecular formula is C21H16N2O4. The number of amides is 2. The molecule has 2 N–H and O–H groups in total. The van der Waals surface area contributed by atoms with Crippen LogP contribution >= 0.6 is 0 Å². The van der Waals surface area contributed by atoms with Gasteiger partial charge in [-0.25, -0.2) is 0 Å². The van der Waals surface area contributed by atoms with E-state index in [1.54, 1.807) is 42.5 Å². The van der Waals surface area contributed by atoms with Crippen LogP contribution in [0.25, 0.3) is 0 Å². The zero-order valence-corrected chi connectivity index (χ0v) is 14.3. The van der Waals surface area contributed by atoms with Crippen molar-refractivity contribution in [1.82, 2.24) is 0 Å². The molecule has 0 radical (unpaired) electrons. The number of hydrogen-bond acceptors (Lipinski definition) is 4. The van der Waals surface area contributed by atoms with Crippen molar-refractivity contribution < 1.29 is 19.1 Å². The molecule has 3 aromatic carbocycles. The van der Waals surface area contributed by atoms with E-state index in [-0.39, 0.29) is 18.4 Å². The van der Waals surface area contributed by atoms with Crippen LogP contribution in [0, 0.1) is 0 Å². The van der Waals surface area contributed by atoms with Gasteiger partial charge in [-0.2, -0.15) is 0 Å². The Morgan fingerprint density at radius 2 is 1.70 bits per heavy atom. The third-order valence-electron chi connectivity index (χ3n) is 3.97. The fourth-order valence-corrected chi connectivity index (χ4v) is 2.66. The second-order valence-electron chi connectivity index (χ2n) is 5.94. The number of anilines is 2. The Hall–Kier alpha value is -3.80. The molecule has 0 saturated carbocycles. The van der Waals surface area contributed by atoms with E-state index in [0.717, 1.165) is 5.75 Å². The Bertz CT molecular complexity index is 985. The lowest BCUT2D eigenvalue weighted by molar-refractivity contribution is -0.118. The highest BCUT2D eigenvalue weighted by Gasteiger charge is 2.17. The standard InChI is InChI=1S/C21H16N2O4/c24-20-13-26-19-11-6-14(12-18(19)23-20)21(25)22-15-7-9-17(10-8-15)27-16-4-2-1-3-5-16/h1-12H,13H2,(H,22,25)(H,23,24). The quantitative estimate of drug-likeness (QED) is 0.736. The first-order valence-corrected chi connectivity index (χ1v) is 8.38. The van der Waals surface area contributed by atoms with Crippen LogP contribution in [0.1, 0.15) is 10.4 Å². The summed E-state index contributed by atoms with van der Waals surface area (Å²) in [4.78, 5) is 23.9. The van der Waals surface area contributed by atoms with E-state index in [1.807, 2.05) is 30.3 Å². The van der Waals surface area contributed by atoms with Crippen molar-refractivity contribution in [2.75, 3.05) is 17.2 Å². The Morgan fingerprint density at radius 1 is 0.963 bits per heavy atom. The molecule has 0 unspecified atom stereocenters. The van der Waals surface area contributed by atoms with E-state index >= 15 is 0 Å². The smallest absolute Gasteiger partial charge is 0.262 e. The second kappa shape index (κ2) is 7.21. The van der Waals surface area contributed by atoms with E-state index in [1.165, 1.54) is 0 Å². The SMILES string of the molecule is O=C1COc2ccc(C(=O)Nc3ccc(Oc4ccccc4)cc3)cc2N1. The summed E-state index contributed by atoms with van der Waals surface area (Å²) in [5.74, 6) is 1.44. The Kier molecular flexibility index (Phi) is 4.45. The first-order chi connectivity index (χ1) is 13.2. The van der Waals surface area contributed by atoms with Crippen LogP contribution in [-0.2, 0) is 4.79 Å². The molecule has 4 rings (SSSR count). The molecule has 0 aliphatic carbocycles. The molecule has 134 valence electrons. The maximum absolute atomic E-state index is 12.5. The van der Waals surface area contributed by atoms with Crippen LogP contribution in [0.2, 0.25) is 0 Å². The van der Waals surface area contributed by atoms with Gasteiger partial charge in [0.1, 0.15) is 17.2 Å². The van der Waals surface area contributed by atoms with Crippen molar-refractivity contribution in [3.8, 4) is 17.2 Å². The zero-order valence-electron chi connectivity index (χ0n) is 14.3. The van der Waals surface area contributed by atoms with E-state index in [0.29, 0.717) is 28.4 Å². The monoisotopic (exact) mass is 360 g/mol. The molecule has 27 heavy (non-hydrogen) atoms. The molecule has 2 amide bonds. The number of carbonyl (C=O) groups is 2. The van der Waals surface area contributed by atoms with E-state index < -0.39 is 0 Å². The summed E-state index contributed by atoms with van der Waals surface area (Å²) in [7, 11) is 0. The fraction of sp³-hybridized carbons (Fsp3) is 0.0476. The summed E-state index contributed by atoms with van der Waals surface area (Å²) in [6, 6.07) is 21.5. The number of ether oxygens (including phenoxy) is 2. The van der Waals surface area contributed by atoms with E-state index in [9.17, 15) is 9.59 Å². The van der Waals surface area contributed by atoms with Crippen LogP contribution < -0.4 is 20.1 Å². The first-order valence-electron chi connectivity index (χ1n) is 8.38. The van der Waals surface area contributed by atoms with Crippen molar-refractivity contribution in [2.24, 2.45) is 0 Å². The molecule has 3 aromatic rings. The summed E-state index contributed by atoms with van der Waals surface area (Å²) in [6.07, 6.45) is 0. The molecule has 0 atom stereocenters. The van der Waals surface area contributed by atoms with Gasteiger partial charge in [0.2, 0.25) is 0 Å². The second-order valence-corrected chi connectivity index (χ2v) is 5.94. The van der Waals surface area contributed by atoms with Gasteiger partial charge in [-0.05, 0) is 54.6 Å². The predicted octanol–water partition coefficient (Wildman–Crippen LogP) is 4.06. The summed E-state index contributed by atoms with van der Waals surface area (Å²) < 4.78 is 11.0. The van der Waals surface area contributed by atoms with Crippen LogP contribution in [0.5, 0.6) is 17.2 Å². The van der Waals surface area contributed by atoms with Gasteiger partial charge in [-0.1, -0.05) is 18.2 Å². The highest BCUT2D eigenvalue weighted by Crippen LogP contribution is 2.29. The largest absolute Gasteiger partial charge is 0.482 e. The molecule has 0 bridgehead atoms. The molecule has 0 fully saturated rings. The molecule has 6 nitrogen and oxygen atoms in total. The number of hydrogen-bond donors (Lipinski definition) is 2. The Balaban J connectivity index is 1.44. The minimum absolute atomic E-state index is 0.0179.